The maximum atomic E-state index is 5.76. The summed E-state index contributed by atoms with van der Waals surface area (Å²) in [5.74, 6) is 1.43. The molecular formula is C10H9ClN3OS-. The van der Waals surface area contributed by atoms with Crippen LogP contribution in [-0.4, -0.2) is 14.8 Å². The summed E-state index contributed by atoms with van der Waals surface area (Å²) in [6.07, 6.45) is 0. The fourth-order valence-electron chi connectivity index (χ4n) is 1.15. The first kappa shape index (κ1) is 11.2. The maximum Gasteiger partial charge on any atom is 0.169 e. The number of benzene rings is 1. The number of aromatic nitrogens is 3. The van der Waals surface area contributed by atoms with Gasteiger partial charge in [0.25, 0.3) is 0 Å². The molecule has 0 unspecified atom stereocenters. The number of ether oxygens (including phenoxy) is 1. The minimum Gasteiger partial charge on any atom is -0.740 e. The van der Waals surface area contributed by atoms with E-state index in [0.717, 1.165) is 5.75 Å². The lowest BCUT2D eigenvalue weighted by Gasteiger charge is -2.08. The zero-order chi connectivity index (χ0) is 11.5. The van der Waals surface area contributed by atoms with Gasteiger partial charge in [-0.1, -0.05) is 11.6 Å². The molecule has 16 heavy (non-hydrogen) atoms. The first-order valence-electron chi connectivity index (χ1n) is 4.60. The molecule has 4 nitrogen and oxygen atoms in total. The fraction of sp³-hybridized carbons (Fsp3) is 0.200. The van der Waals surface area contributed by atoms with Gasteiger partial charge >= 0.3 is 0 Å². The van der Waals surface area contributed by atoms with E-state index in [1.54, 1.807) is 28.8 Å². The van der Waals surface area contributed by atoms with Crippen molar-refractivity contribution in [1.29, 1.82) is 0 Å². The highest BCUT2D eigenvalue weighted by Gasteiger charge is 2.02. The molecule has 0 radical (unpaired) electrons. The molecule has 0 fully saturated rings. The van der Waals surface area contributed by atoms with Crippen molar-refractivity contribution in [2.45, 2.75) is 11.8 Å². The molecule has 2 aromatic rings. The van der Waals surface area contributed by atoms with Gasteiger partial charge in [-0.05, 0) is 24.3 Å². The van der Waals surface area contributed by atoms with Crippen molar-refractivity contribution in [2.24, 2.45) is 7.05 Å². The molecule has 0 atom stereocenters. The monoisotopic (exact) mass is 254 g/mol. The fourth-order valence-corrected chi connectivity index (χ4v) is 1.42. The Morgan fingerprint density at radius 2 is 2.00 bits per heavy atom. The van der Waals surface area contributed by atoms with E-state index in [9.17, 15) is 0 Å². The van der Waals surface area contributed by atoms with E-state index in [4.69, 9.17) is 29.0 Å². The van der Waals surface area contributed by atoms with E-state index in [0.29, 0.717) is 22.6 Å². The Bertz CT molecular complexity index is 483. The van der Waals surface area contributed by atoms with Crippen molar-refractivity contribution in [1.82, 2.24) is 14.8 Å². The van der Waals surface area contributed by atoms with Gasteiger partial charge in [-0.25, -0.2) is 0 Å². The van der Waals surface area contributed by atoms with E-state index in [1.165, 1.54) is 0 Å². The highest BCUT2D eigenvalue weighted by Crippen LogP contribution is 2.16. The second-order valence-electron chi connectivity index (χ2n) is 3.20. The van der Waals surface area contributed by atoms with Crippen molar-refractivity contribution in [3.63, 3.8) is 0 Å². The molecule has 0 aliphatic rings. The Hall–Kier alpha value is -1.33. The molecule has 1 aromatic heterocycles. The second kappa shape index (κ2) is 4.67. The van der Waals surface area contributed by atoms with Crippen LogP contribution in [0.5, 0.6) is 5.75 Å². The van der Waals surface area contributed by atoms with Gasteiger partial charge in [0.2, 0.25) is 0 Å². The molecule has 0 saturated carbocycles. The summed E-state index contributed by atoms with van der Waals surface area (Å²) in [5.41, 5.74) is 0. The number of hydrogen-bond acceptors (Lipinski definition) is 4. The summed E-state index contributed by atoms with van der Waals surface area (Å²) in [5, 5.41) is 8.81. The molecule has 84 valence electrons. The lowest BCUT2D eigenvalue weighted by molar-refractivity contribution is 0.290. The predicted molar refractivity (Wildman–Crippen MR) is 62.4 cm³/mol. The summed E-state index contributed by atoms with van der Waals surface area (Å²) >= 11 is 10.7. The van der Waals surface area contributed by atoms with E-state index in [-0.39, 0.29) is 0 Å². The van der Waals surface area contributed by atoms with Gasteiger partial charge in [0.1, 0.15) is 12.4 Å². The third-order valence-corrected chi connectivity index (χ3v) is 2.71. The molecule has 1 aromatic carbocycles. The normalized spacial score (nSPS) is 10.4. The maximum absolute atomic E-state index is 5.76. The van der Waals surface area contributed by atoms with Crippen molar-refractivity contribution >= 4 is 24.2 Å². The molecule has 0 saturated heterocycles. The van der Waals surface area contributed by atoms with Crippen molar-refractivity contribution in [2.75, 3.05) is 0 Å². The molecule has 6 heteroatoms. The lowest BCUT2D eigenvalue weighted by Crippen LogP contribution is -2.04. The van der Waals surface area contributed by atoms with Crippen LogP contribution >= 0.6 is 11.6 Å². The third kappa shape index (κ3) is 2.43. The van der Waals surface area contributed by atoms with Crippen LogP contribution in [-0.2, 0) is 26.3 Å². The quantitative estimate of drug-likeness (QED) is 0.785. The predicted octanol–water partition coefficient (Wildman–Crippen LogP) is 1.95. The Morgan fingerprint density at radius 3 is 2.56 bits per heavy atom. The molecule has 2 rings (SSSR count). The van der Waals surface area contributed by atoms with Gasteiger partial charge in [-0.15, -0.1) is 5.10 Å². The van der Waals surface area contributed by atoms with Crippen LogP contribution < -0.4 is 4.74 Å². The van der Waals surface area contributed by atoms with Gasteiger partial charge in [-0.2, -0.15) is 5.10 Å². The van der Waals surface area contributed by atoms with Gasteiger partial charge in [0.05, 0.1) is 0 Å². The largest absolute Gasteiger partial charge is 0.740 e. The molecule has 0 bridgehead atoms. The van der Waals surface area contributed by atoms with E-state index < -0.39 is 0 Å². The molecular weight excluding hydrogens is 246 g/mol. The first-order valence-corrected chi connectivity index (χ1v) is 5.39. The van der Waals surface area contributed by atoms with Crippen molar-refractivity contribution in [3.05, 3.63) is 35.1 Å². The van der Waals surface area contributed by atoms with E-state index in [2.05, 4.69) is 10.2 Å². The SMILES string of the molecule is Cn1c([S-])nnc1COc1ccc(Cl)cc1. The summed E-state index contributed by atoms with van der Waals surface area (Å²) in [7, 11) is 1.81. The Kier molecular flexibility index (Phi) is 3.26. The van der Waals surface area contributed by atoms with Crippen LogP contribution in [0.4, 0.5) is 0 Å². The average Bonchev–Trinajstić information content (AvgIpc) is 2.60. The van der Waals surface area contributed by atoms with Gasteiger partial charge in [0.15, 0.2) is 5.82 Å². The highest BCUT2D eigenvalue weighted by atomic mass is 35.5. The molecule has 0 N–H and O–H groups in total. The van der Waals surface area contributed by atoms with Crippen LogP contribution in [0.25, 0.3) is 0 Å². The van der Waals surface area contributed by atoms with Crippen LogP contribution in [0.3, 0.4) is 0 Å². The topological polar surface area (TPSA) is 39.9 Å². The first-order chi connectivity index (χ1) is 7.66. The lowest BCUT2D eigenvalue weighted by atomic mass is 10.3. The van der Waals surface area contributed by atoms with Gasteiger partial charge < -0.3 is 21.9 Å². The molecule has 1 heterocycles. The molecule has 0 spiro atoms. The third-order valence-electron chi connectivity index (χ3n) is 2.11. The zero-order valence-corrected chi connectivity index (χ0v) is 10.1. The average molecular weight is 255 g/mol. The van der Waals surface area contributed by atoms with E-state index in [1.807, 2.05) is 7.05 Å². The number of nitrogens with zero attached hydrogens (tertiary/aromatic N) is 3. The smallest absolute Gasteiger partial charge is 0.169 e. The standard InChI is InChI=1S/C10H10ClN3OS/c1-14-9(12-13-10(14)16)6-15-8-4-2-7(11)3-5-8/h2-5H,6H2,1H3,(H,13,16)/p-1. The van der Waals surface area contributed by atoms with Gasteiger partial charge in [0, 0.05) is 17.2 Å². The summed E-state index contributed by atoms with van der Waals surface area (Å²) in [6.45, 7) is 0.335. The van der Waals surface area contributed by atoms with Crippen LogP contribution in [0.1, 0.15) is 5.82 Å². The highest BCUT2D eigenvalue weighted by molar-refractivity contribution is 7.58. The molecule has 0 aliphatic carbocycles. The number of rotatable bonds is 3. The van der Waals surface area contributed by atoms with Crippen molar-refractivity contribution in [3.8, 4) is 5.75 Å². The Balaban J connectivity index is 2.02. The van der Waals surface area contributed by atoms with E-state index >= 15 is 0 Å². The summed E-state index contributed by atoms with van der Waals surface area (Å²) in [6, 6.07) is 7.14. The number of hydrogen-bond donors (Lipinski definition) is 0. The van der Waals surface area contributed by atoms with Crippen LogP contribution in [0, 0.1) is 0 Å². The number of halogens is 1. The summed E-state index contributed by atoms with van der Waals surface area (Å²) in [4.78, 5) is 0. The Morgan fingerprint density at radius 1 is 1.31 bits per heavy atom. The zero-order valence-electron chi connectivity index (χ0n) is 8.55. The molecule has 0 aliphatic heterocycles. The molecule has 0 amide bonds. The minimum atomic E-state index is 0.335. The van der Waals surface area contributed by atoms with Crippen molar-refractivity contribution < 1.29 is 4.74 Å². The minimum absolute atomic E-state index is 0.335. The second-order valence-corrected chi connectivity index (χ2v) is 4.00. The Labute approximate surface area is 104 Å². The van der Waals surface area contributed by atoms with Crippen LogP contribution in [0.15, 0.2) is 29.4 Å². The van der Waals surface area contributed by atoms with Crippen LogP contribution in [0.2, 0.25) is 5.02 Å². The summed E-state index contributed by atoms with van der Waals surface area (Å²) < 4.78 is 7.23. The van der Waals surface area contributed by atoms with Gasteiger partial charge in [-0.3, -0.25) is 0 Å².